The predicted octanol–water partition coefficient (Wildman–Crippen LogP) is 3.86. The van der Waals surface area contributed by atoms with Gasteiger partial charge in [0.15, 0.2) is 11.6 Å². The molecule has 0 amide bonds. The monoisotopic (exact) mass is 266 g/mol. The molecule has 2 aromatic carbocycles. The minimum atomic E-state index is -1.18. The Balaban J connectivity index is 2.40. The fraction of sp³-hybridized carbons (Fsp3) is 0. The largest absolute Gasteiger partial charge is 0.348 e. The average Bonchev–Trinajstić information content (AvgIpc) is 2.35. The van der Waals surface area contributed by atoms with Gasteiger partial charge < -0.3 is 5.32 Å². The van der Waals surface area contributed by atoms with Crippen LogP contribution < -0.4 is 5.32 Å². The van der Waals surface area contributed by atoms with Gasteiger partial charge in [0, 0.05) is 12.1 Å². The second-order valence-corrected chi connectivity index (χ2v) is 3.68. The topological polar surface area (TPSA) is 35.8 Å². The molecule has 0 heterocycles. The average molecular weight is 266 g/mol. The molecule has 2 nitrogen and oxygen atoms in total. The first-order valence-corrected chi connectivity index (χ1v) is 5.12. The van der Waals surface area contributed by atoms with Crippen LogP contribution in [0.3, 0.4) is 0 Å². The minimum absolute atomic E-state index is 0.0723. The Hall–Kier alpha value is -2.55. The van der Waals surface area contributed by atoms with E-state index in [4.69, 9.17) is 5.26 Å². The summed E-state index contributed by atoms with van der Waals surface area (Å²) in [6.45, 7) is 0. The highest BCUT2D eigenvalue weighted by Gasteiger charge is 2.13. The number of hydrogen-bond acceptors (Lipinski definition) is 2. The lowest BCUT2D eigenvalue weighted by Crippen LogP contribution is -2.00. The van der Waals surface area contributed by atoms with E-state index in [0.29, 0.717) is 12.1 Å². The summed E-state index contributed by atoms with van der Waals surface area (Å²) < 4.78 is 53.0. The smallest absolute Gasteiger partial charge is 0.152 e. The zero-order chi connectivity index (χ0) is 14.0. The molecule has 1 N–H and O–H groups in total. The van der Waals surface area contributed by atoms with Crippen molar-refractivity contribution in [1.82, 2.24) is 0 Å². The number of rotatable bonds is 2. The Kier molecular flexibility index (Phi) is 3.38. The summed E-state index contributed by atoms with van der Waals surface area (Å²) >= 11 is 0. The van der Waals surface area contributed by atoms with Crippen molar-refractivity contribution in [2.24, 2.45) is 0 Å². The first-order chi connectivity index (χ1) is 9.01. The number of nitrogens with zero attached hydrogens (tertiary/aromatic N) is 1. The lowest BCUT2D eigenvalue weighted by Gasteiger charge is -2.10. The lowest BCUT2D eigenvalue weighted by atomic mass is 10.2. The standard InChI is InChI=1S/C13H6F4N2/c14-8-4-10(16)13(11(17)5-8)19-12-2-1-7(6-18)3-9(12)15/h1-5,19H. The highest BCUT2D eigenvalue weighted by molar-refractivity contribution is 5.62. The third kappa shape index (κ3) is 2.65. The van der Waals surface area contributed by atoms with Gasteiger partial charge in [0.1, 0.15) is 17.3 Å². The fourth-order valence-corrected chi connectivity index (χ4v) is 1.48. The zero-order valence-electron chi connectivity index (χ0n) is 9.35. The molecular weight excluding hydrogens is 260 g/mol. The van der Waals surface area contributed by atoms with Crippen molar-refractivity contribution in [1.29, 1.82) is 5.26 Å². The number of hydrogen-bond donors (Lipinski definition) is 1. The predicted molar refractivity (Wildman–Crippen MR) is 60.7 cm³/mol. The molecule has 0 aliphatic heterocycles. The van der Waals surface area contributed by atoms with Crippen LogP contribution in [0.1, 0.15) is 5.56 Å². The maximum Gasteiger partial charge on any atom is 0.152 e. The van der Waals surface area contributed by atoms with Gasteiger partial charge in [0.2, 0.25) is 0 Å². The number of nitrogens with one attached hydrogen (secondary N) is 1. The summed E-state index contributed by atoms with van der Waals surface area (Å²) in [6.07, 6.45) is 0. The van der Waals surface area contributed by atoms with E-state index in [1.54, 1.807) is 6.07 Å². The van der Waals surface area contributed by atoms with Crippen molar-refractivity contribution in [2.45, 2.75) is 0 Å². The number of benzene rings is 2. The summed E-state index contributed by atoms with van der Waals surface area (Å²) in [5.74, 6) is -4.27. The van der Waals surface area contributed by atoms with E-state index in [1.165, 1.54) is 6.07 Å². The summed E-state index contributed by atoms with van der Waals surface area (Å²) in [5.41, 5.74) is -0.809. The van der Waals surface area contributed by atoms with Gasteiger partial charge in [-0.25, -0.2) is 17.6 Å². The quantitative estimate of drug-likeness (QED) is 0.838. The second-order valence-electron chi connectivity index (χ2n) is 3.68. The van der Waals surface area contributed by atoms with E-state index in [0.717, 1.165) is 12.1 Å². The molecule has 0 spiro atoms. The first kappa shape index (κ1) is 12.9. The summed E-state index contributed by atoms with van der Waals surface area (Å²) in [4.78, 5) is 0. The molecule has 6 heteroatoms. The van der Waals surface area contributed by atoms with E-state index in [1.807, 2.05) is 0 Å². The third-order valence-electron chi connectivity index (χ3n) is 2.36. The highest BCUT2D eigenvalue weighted by atomic mass is 19.1. The zero-order valence-corrected chi connectivity index (χ0v) is 9.35. The highest BCUT2D eigenvalue weighted by Crippen LogP contribution is 2.26. The Morgan fingerprint density at radius 3 is 2.05 bits per heavy atom. The van der Waals surface area contributed by atoms with Crippen LogP contribution >= 0.6 is 0 Å². The second kappa shape index (κ2) is 4.98. The molecule has 19 heavy (non-hydrogen) atoms. The molecule has 0 atom stereocenters. The van der Waals surface area contributed by atoms with Crippen molar-refractivity contribution >= 4 is 11.4 Å². The van der Waals surface area contributed by atoms with Crippen molar-refractivity contribution in [3.05, 3.63) is 59.2 Å². The molecule has 2 aromatic rings. The maximum absolute atomic E-state index is 13.5. The molecule has 2 rings (SSSR count). The summed E-state index contributed by atoms with van der Waals surface area (Å²) in [6, 6.07) is 6.05. The van der Waals surface area contributed by atoms with Gasteiger partial charge in [-0.15, -0.1) is 0 Å². The number of nitriles is 1. The first-order valence-electron chi connectivity index (χ1n) is 5.12. The van der Waals surface area contributed by atoms with E-state index in [2.05, 4.69) is 5.32 Å². The third-order valence-corrected chi connectivity index (χ3v) is 2.36. The van der Waals surface area contributed by atoms with Crippen molar-refractivity contribution in [3.63, 3.8) is 0 Å². The minimum Gasteiger partial charge on any atom is -0.348 e. The van der Waals surface area contributed by atoms with Gasteiger partial charge in [-0.05, 0) is 18.2 Å². The van der Waals surface area contributed by atoms with Crippen LogP contribution in [-0.2, 0) is 0 Å². The van der Waals surface area contributed by atoms with E-state index < -0.39 is 29.0 Å². The van der Waals surface area contributed by atoms with E-state index in [9.17, 15) is 17.6 Å². The Morgan fingerprint density at radius 1 is 0.895 bits per heavy atom. The molecule has 96 valence electrons. The SMILES string of the molecule is N#Cc1ccc(Nc2c(F)cc(F)cc2F)c(F)c1. The van der Waals surface area contributed by atoms with E-state index in [-0.39, 0.29) is 11.3 Å². The van der Waals surface area contributed by atoms with Gasteiger partial charge in [-0.3, -0.25) is 0 Å². The van der Waals surface area contributed by atoms with Crippen LogP contribution in [0.25, 0.3) is 0 Å². The maximum atomic E-state index is 13.5. The summed E-state index contributed by atoms with van der Waals surface area (Å²) in [7, 11) is 0. The van der Waals surface area contributed by atoms with Crippen LogP contribution in [0.2, 0.25) is 0 Å². The van der Waals surface area contributed by atoms with Gasteiger partial charge in [0.25, 0.3) is 0 Å². The van der Waals surface area contributed by atoms with Crippen molar-refractivity contribution in [2.75, 3.05) is 5.32 Å². The normalized spacial score (nSPS) is 10.1. The van der Waals surface area contributed by atoms with Crippen molar-refractivity contribution < 1.29 is 17.6 Å². The van der Waals surface area contributed by atoms with Gasteiger partial charge in [-0.2, -0.15) is 5.26 Å². The number of halogens is 4. The van der Waals surface area contributed by atoms with Crippen molar-refractivity contribution in [3.8, 4) is 6.07 Å². The molecular formula is C13H6F4N2. The molecule has 0 radical (unpaired) electrons. The Morgan fingerprint density at radius 2 is 1.53 bits per heavy atom. The molecule has 0 fully saturated rings. The van der Waals surface area contributed by atoms with Crippen LogP contribution in [0.4, 0.5) is 28.9 Å². The van der Waals surface area contributed by atoms with Crippen LogP contribution in [0.15, 0.2) is 30.3 Å². The van der Waals surface area contributed by atoms with Crippen LogP contribution in [-0.4, -0.2) is 0 Å². The Bertz CT molecular complexity index is 654. The molecule has 0 aromatic heterocycles. The molecule has 0 saturated carbocycles. The van der Waals surface area contributed by atoms with Gasteiger partial charge in [-0.1, -0.05) is 0 Å². The number of anilines is 2. The lowest BCUT2D eigenvalue weighted by molar-refractivity contribution is 0.548. The van der Waals surface area contributed by atoms with E-state index >= 15 is 0 Å². The molecule has 0 bridgehead atoms. The Labute approximate surface area is 105 Å². The summed E-state index contributed by atoms with van der Waals surface area (Å²) in [5, 5.41) is 10.7. The fourth-order valence-electron chi connectivity index (χ4n) is 1.48. The van der Waals surface area contributed by atoms with Gasteiger partial charge in [0.05, 0.1) is 17.3 Å². The molecule has 0 aliphatic rings. The van der Waals surface area contributed by atoms with Gasteiger partial charge >= 0.3 is 0 Å². The van der Waals surface area contributed by atoms with Crippen LogP contribution in [0, 0.1) is 34.6 Å². The molecule has 0 saturated heterocycles. The molecule has 0 aliphatic carbocycles. The van der Waals surface area contributed by atoms with Crippen LogP contribution in [0.5, 0.6) is 0 Å². The molecule has 0 unspecified atom stereocenters.